The van der Waals surface area contributed by atoms with E-state index in [1.54, 1.807) is 0 Å². The van der Waals surface area contributed by atoms with Crippen molar-refractivity contribution < 1.29 is 18.7 Å². The molecule has 0 aliphatic carbocycles. The van der Waals surface area contributed by atoms with Crippen molar-refractivity contribution in [3.05, 3.63) is 29.1 Å². The van der Waals surface area contributed by atoms with Crippen LogP contribution >= 0.6 is 0 Å². The second kappa shape index (κ2) is 4.00. The van der Waals surface area contributed by atoms with Gasteiger partial charge in [0, 0.05) is 5.56 Å². The third kappa shape index (κ3) is 1.64. The van der Waals surface area contributed by atoms with E-state index < -0.39 is 5.82 Å². The third-order valence-corrected chi connectivity index (χ3v) is 1.85. The maximum absolute atomic E-state index is 13.1. The molecule has 0 unspecified atom stereocenters. The molecule has 0 aliphatic rings. The van der Waals surface area contributed by atoms with E-state index in [0.29, 0.717) is 6.29 Å². The molecule has 0 fully saturated rings. The summed E-state index contributed by atoms with van der Waals surface area (Å²) in [5, 5.41) is 0. The van der Waals surface area contributed by atoms with Gasteiger partial charge >= 0.3 is 0 Å². The van der Waals surface area contributed by atoms with Crippen LogP contribution in [-0.4, -0.2) is 19.2 Å². The van der Waals surface area contributed by atoms with Gasteiger partial charge < -0.3 is 4.74 Å². The first kappa shape index (κ1) is 10.4. The van der Waals surface area contributed by atoms with Crippen LogP contribution in [0.5, 0.6) is 5.75 Å². The van der Waals surface area contributed by atoms with Gasteiger partial charge in [0.2, 0.25) is 0 Å². The number of carbonyl (C=O) groups is 2. The smallest absolute Gasteiger partial charge is 0.165 e. The monoisotopic (exact) mass is 196 g/mol. The van der Waals surface area contributed by atoms with Gasteiger partial charge in [0.1, 0.15) is 0 Å². The van der Waals surface area contributed by atoms with Gasteiger partial charge in [-0.2, -0.15) is 0 Å². The largest absolute Gasteiger partial charge is 0.493 e. The SMILES string of the molecule is COc1c(F)ccc(C(C)=O)c1C=O. The number of hydrogen-bond acceptors (Lipinski definition) is 3. The van der Waals surface area contributed by atoms with Crippen molar-refractivity contribution in [2.75, 3.05) is 7.11 Å². The van der Waals surface area contributed by atoms with E-state index in [1.807, 2.05) is 0 Å². The molecule has 0 atom stereocenters. The highest BCUT2D eigenvalue weighted by molar-refractivity contribution is 6.02. The zero-order valence-electron chi connectivity index (χ0n) is 7.83. The van der Waals surface area contributed by atoms with Gasteiger partial charge in [0.25, 0.3) is 0 Å². The Hall–Kier alpha value is -1.71. The second-order valence-corrected chi connectivity index (χ2v) is 2.72. The number of ether oxygens (including phenoxy) is 1. The van der Waals surface area contributed by atoms with Crippen molar-refractivity contribution in [2.24, 2.45) is 0 Å². The summed E-state index contributed by atoms with van der Waals surface area (Å²) < 4.78 is 17.8. The van der Waals surface area contributed by atoms with Crippen LogP contribution in [0.25, 0.3) is 0 Å². The summed E-state index contributed by atoms with van der Waals surface area (Å²) >= 11 is 0. The number of Topliss-reactive ketones (excluding diaryl/α,β-unsaturated/α-hetero) is 1. The highest BCUT2D eigenvalue weighted by atomic mass is 19.1. The molecule has 74 valence electrons. The fourth-order valence-corrected chi connectivity index (χ4v) is 1.20. The fourth-order valence-electron chi connectivity index (χ4n) is 1.20. The molecular formula is C10H9FO3. The van der Waals surface area contributed by atoms with Crippen molar-refractivity contribution >= 4 is 12.1 Å². The van der Waals surface area contributed by atoms with Crippen LogP contribution in [0.4, 0.5) is 4.39 Å². The molecule has 0 amide bonds. The molecule has 0 radical (unpaired) electrons. The van der Waals surface area contributed by atoms with Gasteiger partial charge in [-0.1, -0.05) is 0 Å². The summed E-state index contributed by atoms with van der Waals surface area (Å²) in [6.45, 7) is 1.31. The molecule has 0 bridgehead atoms. The minimum absolute atomic E-state index is 0.0417. The maximum Gasteiger partial charge on any atom is 0.165 e. The lowest BCUT2D eigenvalue weighted by molar-refractivity contribution is 0.100. The van der Waals surface area contributed by atoms with Gasteiger partial charge in [-0.25, -0.2) is 4.39 Å². The lowest BCUT2D eigenvalue weighted by Gasteiger charge is -2.07. The highest BCUT2D eigenvalue weighted by Gasteiger charge is 2.15. The predicted molar refractivity (Wildman–Crippen MR) is 48.3 cm³/mol. The highest BCUT2D eigenvalue weighted by Crippen LogP contribution is 2.24. The zero-order chi connectivity index (χ0) is 10.7. The van der Waals surface area contributed by atoms with Crippen molar-refractivity contribution in [2.45, 2.75) is 6.92 Å². The Morgan fingerprint density at radius 1 is 1.50 bits per heavy atom. The summed E-state index contributed by atoms with van der Waals surface area (Å²) in [5.41, 5.74) is 0.123. The van der Waals surface area contributed by atoms with E-state index in [2.05, 4.69) is 0 Å². The van der Waals surface area contributed by atoms with Crippen molar-refractivity contribution in [3.63, 3.8) is 0 Å². The molecule has 1 aromatic rings. The molecular weight excluding hydrogens is 187 g/mol. The van der Waals surface area contributed by atoms with Crippen molar-refractivity contribution in [1.82, 2.24) is 0 Å². The van der Waals surface area contributed by atoms with Crippen LogP contribution in [0.2, 0.25) is 0 Å². The molecule has 1 rings (SSSR count). The Kier molecular flexibility index (Phi) is 2.96. The molecule has 1 aromatic carbocycles. The van der Waals surface area contributed by atoms with Crippen LogP contribution in [0.3, 0.4) is 0 Å². The average molecular weight is 196 g/mol. The molecule has 14 heavy (non-hydrogen) atoms. The summed E-state index contributed by atoms with van der Waals surface area (Å²) in [4.78, 5) is 21.7. The summed E-state index contributed by atoms with van der Waals surface area (Å²) in [6, 6.07) is 2.37. The van der Waals surface area contributed by atoms with Gasteiger partial charge in [-0.3, -0.25) is 9.59 Å². The van der Waals surface area contributed by atoms with E-state index in [9.17, 15) is 14.0 Å². The Morgan fingerprint density at radius 3 is 2.57 bits per heavy atom. The van der Waals surface area contributed by atoms with E-state index >= 15 is 0 Å². The molecule has 0 aromatic heterocycles. The first-order chi connectivity index (χ1) is 6.61. The topological polar surface area (TPSA) is 43.4 Å². The molecule has 0 saturated carbocycles. The first-order valence-electron chi connectivity index (χ1n) is 3.94. The van der Waals surface area contributed by atoms with Crippen LogP contribution in [0.15, 0.2) is 12.1 Å². The van der Waals surface area contributed by atoms with Gasteiger partial charge in [0.05, 0.1) is 12.7 Å². The number of methoxy groups -OCH3 is 1. The van der Waals surface area contributed by atoms with Gasteiger partial charge in [0.15, 0.2) is 23.6 Å². The maximum atomic E-state index is 13.1. The standard InChI is InChI=1S/C10H9FO3/c1-6(13)7-3-4-9(11)10(14-2)8(7)5-12/h3-5H,1-2H3. The second-order valence-electron chi connectivity index (χ2n) is 2.72. The lowest BCUT2D eigenvalue weighted by Crippen LogP contribution is -2.03. The fraction of sp³-hybridized carbons (Fsp3) is 0.200. The minimum atomic E-state index is -0.653. The van der Waals surface area contributed by atoms with Crippen LogP contribution in [-0.2, 0) is 0 Å². The number of halogens is 1. The molecule has 0 spiro atoms. The average Bonchev–Trinajstić information content (AvgIpc) is 2.16. The van der Waals surface area contributed by atoms with Gasteiger partial charge in [-0.05, 0) is 19.1 Å². The molecule has 3 nitrogen and oxygen atoms in total. The Labute approximate surface area is 80.5 Å². The Morgan fingerprint density at radius 2 is 2.14 bits per heavy atom. The van der Waals surface area contributed by atoms with Crippen molar-refractivity contribution in [1.29, 1.82) is 0 Å². The van der Waals surface area contributed by atoms with Gasteiger partial charge in [-0.15, -0.1) is 0 Å². The summed E-state index contributed by atoms with van der Waals surface area (Å²) in [7, 11) is 1.25. The quantitative estimate of drug-likeness (QED) is 0.547. The molecule has 0 heterocycles. The molecule has 4 heteroatoms. The van der Waals surface area contributed by atoms with Crippen LogP contribution in [0.1, 0.15) is 27.6 Å². The van der Waals surface area contributed by atoms with Crippen molar-refractivity contribution in [3.8, 4) is 5.75 Å². The van der Waals surface area contributed by atoms with Crippen LogP contribution < -0.4 is 4.74 Å². The van der Waals surface area contributed by atoms with Crippen LogP contribution in [0, 0.1) is 5.82 Å². The van der Waals surface area contributed by atoms with E-state index in [0.717, 1.165) is 6.07 Å². The third-order valence-electron chi connectivity index (χ3n) is 1.85. The minimum Gasteiger partial charge on any atom is -0.493 e. The number of ketones is 1. The number of rotatable bonds is 3. The lowest BCUT2D eigenvalue weighted by atomic mass is 10.0. The number of benzene rings is 1. The summed E-state index contributed by atoms with van der Waals surface area (Å²) in [5.74, 6) is -1.14. The molecule has 0 saturated heterocycles. The Balaban J connectivity index is 3.48. The number of carbonyl (C=O) groups excluding carboxylic acids is 2. The zero-order valence-corrected chi connectivity index (χ0v) is 7.83. The predicted octanol–water partition coefficient (Wildman–Crippen LogP) is 1.85. The normalized spacial score (nSPS) is 9.64. The van der Waals surface area contributed by atoms with E-state index in [1.165, 1.54) is 20.1 Å². The van der Waals surface area contributed by atoms with E-state index in [4.69, 9.17) is 4.74 Å². The number of aldehydes is 1. The molecule has 0 N–H and O–H groups in total. The Bertz CT molecular complexity index is 385. The first-order valence-corrected chi connectivity index (χ1v) is 3.94. The van der Waals surface area contributed by atoms with E-state index in [-0.39, 0.29) is 22.7 Å². The summed E-state index contributed by atoms with van der Waals surface area (Å²) in [6.07, 6.45) is 0.415. The molecule has 0 aliphatic heterocycles. The number of hydrogen-bond donors (Lipinski definition) is 0.